The summed E-state index contributed by atoms with van der Waals surface area (Å²) in [5.41, 5.74) is 0.471. The van der Waals surface area contributed by atoms with Crippen LogP contribution in [0.1, 0.15) is 24.8 Å². The maximum Gasteiger partial charge on any atom is 0.305 e. The van der Waals surface area contributed by atoms with Crippen LogP contribution in [0, 0.1) is 23.0 Å². The van der Waals surface area contributed by atoms with Gasteiger partial charge in [-0.2, -0.15) is 0 Å². The van der Waals surface area contributed by atoms with Crippen LogP contribution in [0.15, 0.2) is 12.3 Å². The van der Waals surface area contributed by atoms with E-state index in [1.54, 1.807) is 13.0 Å². The summed E-state index contributed by atoms with van der Waals surface area (Å²) >= 11 is 0. The molecule has 0 aromatic carbocycles. The van der Waals surface area contributed by atoms with Crippen LogP contribution in [0.3, 0.4) is 0 Å². The summed E-state index contributed by atoms with van der Waals surface area (Å²) in [5.74, 6) is -0.0160. The maximum absolute atomic E-state index is 10.8. The van der Waals surface area contributed by atoms with Gasteiger partial charge in [-0.25, -0.2) is 4.98 Å². The Morgan fingerprint density at radius 3 is 2.84 bits per heavy atom. The highest BCUT2D eigenvalue weighted by Crippen LogP contribution is 2.35. The predicted molar refractivity (Wildman–Crippen MR) is 68.0 cm³/mol. The van der Waals surface area contributed by atoms with Crippen molar-refractivity contribution in [3.8, 4) is 0 Å². The third-order valence-corrected chi connectivity index (χ3v) is 3.20. The van der Waals surface area contributed by atoms with E-state index in [2.05, 4.69) is 10.3 Å². The van der Waals surface area contributed by atoms with Crippen LogP contribution in [0.5, 0.6) is 0 Å². The summed E-state index contributed by atoms with van der Waals surface area (Å²) in [4.78, 5) is 25.0. The van der Waals surface area contributed by atoms with Gasteiger partial charge in [-0.3, -0.25) is 14.9 Å². The van der Waals surface area contributed by atoms with Crippen molar-refractivity contribution in [1.82, 2.24) is 4.98 Å². The second-order valence-corrected chi connectivity index (χ2v) is 4.80. The van der Waals surface area contributed by atoms with Crippen molar-refractivity contribution in [3.63, 3.8) is 0 Å². The molecule has 0 radical (unpaired) electrons. The number of aryl methyl sites for hydroxylation is 1. The molecule has 1 saturated carbocycles. The third kappa shape index (κ3) is 3.40. The molecule has 19 heavy (non-hydrogen) atoms. The van der Waals surface area contributed by atoms with E-state index >= 15 is 0 Å². The quantitative estimate of drug-likeness (QED) is 0.601. The number of aromatic nitrogens is 1. The molecule has 1 aliphatic rings. The molecule has 1 aromatic heterocycles. The molecule has 0 amide bonds. The van der Waals surface area contributed by atoms with Crippen molar-refractivity contribution in [2.75, 3.05) is 5.32 Å². The van der Waals surface area contributed by atoms with Crippen LogP contribution in [-0.4, -0.2) is 27.0 Å². The highest BCUT2D eigenvalue weighted by atomic mass is 16.6. The summed E-state index contributed by atoms with van der Waals surface area (Å²) < 4.78 is 0. The number of hydrogen-bond acceptors (Lipinski definition) is 5. The van der Waals surface area contributed by atoms with Gasteiger partial charge in [0, 0.05) is 11.6 Å². The molecular weight excluding hydrogens is 250 g/mol. The van der Waals surface area contributed by atoms with Gasteiger partial charge in [-0.1, -0.05) is 0 Å². The standard InChI is InChI=1S/C12H15N3O4/c1-7-4-11(13-6-10(7)15(18)19)14-9(5-12(16)17)8-2-3-8/h4,6,8-9H,2-3,5H2,1H3,(H,13,14)(H,16,17). The highest BCUT2D eigenvalue weighted by molar-refractivity contribution is 5.68. The second kappa shape index (κ2) is 5.21. The van der Waals surface area contributed by atoms with Crippen molar-refractivity contribution >= 4 is 17.5 Å². The number of nitrogens with zero attached hydrogens (tertiary/aromatic N) is 2. The minimum atomic E-state index is -0.858. The Labute approximate surface area is 109 Å². The van der Waals surface area contributed by atoms with Crippen LogP contribution in [0.25, 0.3) is 0 Å². The lowest BCUT2D eigenvalue weighted by Crippen LogP contribution is -2.25. The monoisotopic (exact) mass is 265 g/mol. The Morgan fingerprint density at radius 2 is 2.37 bits per heavy atom. The number of carboxylic acids is 1. The molecule has 0 spiro atoms. The van der Waals surface area contributed by atoms with Crippen LogP contribution in [-0.2, 0) is 4.79 Å². The zero-order chi connectivity index (χ0) is 14.0. The number of aliphatic carboxylic acids is 1. The number of pyridine rings is 1. The fraction of sp³-hybridized carbons (Fsp3) is 0.500. The molecule has 1 atom stereocenters. The Kier molecular flexibility index (Phi) is 3.64. The van der Waals surface area contributed by atoms with Gasteiger partial charge in [0.25, 0.3) is 5.69 Å². The molecule has 1 unspecified atom stereocenters. The number of hydrogen-bond donors (Lipinski definition) is 2. The average molecular weight is 265 g/mol. The summed E-state index contributed by atoms with van der Waals surface area (Å²) in [7, 11) is 0. The van der Waals surface area contributed by atoms with E-state index in [9.17, 15) is 14.9 Å². The number of carboxylic acid groups (broad SMARTS) is 1. The molecule has 102 valence electrons. The smallest absolute Gasteiger partial charge is 0.305 e. The summed E-state index contributed by atoms with van der Waals surface area (Å²) in [6, 6.07) is 1.42. The van der Waals surface area contributed by atoms with Crippen molar-refractivity contribution < 1.29 is 14.8 Å². The molecule has 2 N–H and O–H groups in total. The van der Waals surface area contributed by atoms with Gasteiger partial charge in [0.05, 0.1) is 11.3 Å². The van der Waals surface area contributed by atoms with Crippen molar-refractivity contribution in [2.45, 2.75) is 32.2 Å². The summed E-state index contributed by atoms with van der Waals surface area (Å²) in [5, 5.41) is 22.6. The zero-order valence-corrected chi connectivity index (χ0v) is 10.5. The van der Waals surface area contributed by atoms with Crippen molar-refractivity contribution in [3.05, 3.63) is 27.9 Å². The first kappa shape index (κ1) is 13.3. The molecule has 0 saturated heterocycles. The van der Waals surface area contributed by atoms with Crippen LogP contribution in [0.4, 0.5) is 11.5 Å². The average Bonchev–Trinajstić information content (AvgIpc) is 3.10. The second-order valence-electron chi connectivity index (χ2n) is 4.80. The lowest BCUT2D eigenvalue weighted by Gasteiger charge is -2.16. The number of carbonyl (C=O) groups is 1. The first-order valence-electron chi connectivity index (χ1n) is 6.06. The topological polar surface area (TPSA) is 105 Å². The molecule has 2 rings (SSSR count). The predicted octanol–water partition coefficient (Wildman–Crippen LogP) is 1.96. The highest BCUT2D eigenvalue weighted by Gasteiger charge is 2.33. The van der Waals surface area contributed by atoms with Gasteiger partial charge in [0.15, 0.2) is 0 Å². The van der Waals surface area contributed by atoms with Gasteiger partial charge in [0.2, 0.25) is 0 Å². The first-order valence-corrected chi connectivity index (χ1v) is 6.06. The van der Waals surface area contributed by atoms with Gasteiger partial charge >= 0.3 is 5.97 Å². The Balaban J connectivity index is 2.11. The molecule has 1 heterocycles. The number of nitrogens with one attached hydrogen (secondary N) is 1. The van der Waals surface area contributed by atoms with Gasteiger partial charge in [-0.15, -0.1) is 0 Å². The molecule has 7 nitrogen and oxygen atoms in total. The van der Waals surface area contributed by atoms with Gasteiger partial charge in [-0.05, 0) is 31.7 Å². The SMILES string of the molecule is Cc1cc(NC(CC(=O)O)C2CC2)ncc1[N+](=O)[O-]. The largest absolute Gasteiger partial charge is 0.481 e. The number of anilines is 1. The lowest BCUT2D eigenvalue weighted by atomic mass is 10.1. The summed E-state index contributed by atoms with van der Waals surface area (Å²) in [6.45, 7) is 1.63. The van der Waals surface area contributed by atoms with E-state index in [-0.39, 0.29) is 18.2 Å². The van der Waals surface area contributed by atoms with E-state index in [0.717, 1.165) is 12.8 Å². The van der Waals surface area contributed by atoms with Crippen LogP contribution >= 0.6 is 0 Å². The number of nitro groups is 1. The molecular formula is C12H15N3O4. The maximum atomic E-state index is 10.8. The molecule has 1 fully saturated rings. The van der Waals surface area contributed by atoms with Gasteiger partial charge < -0.3 is 10.4 Å². The Hall–Kier alpha value is -2.18. The molecule has 7 heteroatoms. The van der Waals surface area contributed by atoms with Crippen LogP contribution in [0.2, 0.25) is 0 Å². The fourth-order valence-corrected chi connectivity index (χ4v) is 2.03. The van der Waals surface area contributed by atoms with Crippen molar-refractivity contribution in [2.24, 2.45) is 5.92 Å². The minimum absolute atomic E-state index is 0.0301. The fourth-order valence-electron chi connectivity index (χ4n) is 2.03. The van der Waals surface area contributed by atoms with E-state index in [1.807, 2.05) is 0 Å². The molecule has 1 aliphatic carbocycles. The third-order valence-electron chi connectivity index (χ3n) is 3.20. The van der Waals surface area contributed by atoms with E-state index in [1.165, 1.54) is 6.20 Å². The lowest BCUT2D eigenvalue weighted by molar-refractivity contribution is -0.385. The van der Waals surface area contributed by atoms with E-state index < -0.39 is 10.9 Å². The molecule has 0 bridgehead atoms. The van der Waals surface area contributed by atoms with Crippen LogP contribution < -0.4 is 5.32 Å². The normalized spacial score (nSPS) is 15.8. The zero-order valence-electron chi connectivity index (χ0n) is 10.5. The van der Waals surface area contributed by atoms with Gasteiger partial charge in [0.1, 0.15) is 12.0 Å². The Morgan fingerprint density at radius 1 is 1.68 bits per heavy atom. The minimum Gasteiger partial charge on any atom is -0.481 e. The Bertz CT molecular complexity index is 514. The molecule has 0 aliphatic heterocycles. The van der Waals surface area contributed by atoms with E-state index in [0.29, 0.717) is 17.3 Å². The molecule has 1 aromatic rings. The number of rotatable bonds is 6. The van der Waals surface area contributed by atoms with E-state index in [4.69, 9.17) is 5.11 Å². The first-order chi connectivity index (χ1) is 8.97. The van der Waals surface area contributed by atoms with Crippen molar-refractivity contribution in [1.29, 1.82) is 0 Å². The summed E-state index contributed by atoms with van der Waals surface area (Å²) in [6.07, 6.45) is 3.25.